The van der Waals surface area contributed by atoms with Crippen LogP contribution in [0.15, 0.2) is 30.3 Å². The molecule has 0 unspecified atom stereocenters. The Balaban J connectivity index is 1.99. The molecule has 1 aromatic carbocycles. The van der Waals surface area contributed by atoms with Crippen molar-refractivity contribution in [1.82, 2.24) is 5.32 Å². The van der Waals surface area contributed by atoms with E-state index in [1.165, 1.54) is 5.56 Å². The second-order valence-electron chi connectivity index (χ2n) is 6.37. The van der Waals surface area contributed by atoms with Crippen LogP contribution in [0.3, 0.4) is 0 Å². The molecule has 0 atom stereocenters. The molecule has 0 radical (unpaired) electrons. The normalized spacial score (nSPS) is 26.6. The molecule has 0 spiro atoms. The molecule has 1 aromatic rings. The fraction of sp³-hybridized carbons (Fsp3) is 0.588. The van der Waals surface area contributed by atoms with E-state index in [2.05, 4.69) is 31.3 Å². The molecule has 0 aliphatic heterocycles. The summed E-state index contributed by atoms with van der Waals surface area (Å²) in [5.74, 6) is 1.21. The topological polar surface area (TPSA) is 55.1 Å². The zero-order valence-corrected chi connectivity index (χ0v) is 12.6. The van der Waals surface area contributed by atoms with Crippen molar-refractivity contribution in [1.29, 1.82) is 0 Å². The number of hydrogen-bond acceptors (Lipinski definition) is 2. The van der Waals surface area contributed by atoms with Gasteiger partial charge in [-0.05, 0) is 43.1 Å². The predicted molar refractivity (Wildman–Crippen MR) is 82.0 cm³/mol. The predicted octanol–water partition coefficient (Wildman–Crippen LogP) is 2.85. The summed E-state index contributed by atoms with van der Waals surface area (Å²) in [5.41, 5.74) is 6.37. The Bertz CT molecular complexity index is 434. The number of rotatable bonds is 5. The van der Waals surface area contributed by atoms with Gasteiger partial charge in [0, 0.05) is 6.54 Å². The molecule has 3 N–H and O–H groups in total. The minimum atomic E-state index is -0.513. The molecule has 0 heterocycles. The summed E-state index contributed by atoms with van der Waals surface area (Å²) >= 11 is 0. The van der Waals surface area contributed by atoms with E-state index in [1.807, 2.05) is 18.2 Å². The molecule has 20 heavy (non-hydrogen) atoms. The zero-order valence-electron chi connectivity index (χ0n) is 12.6. The Labute approximate surface area is 121 Å². The summed E-state index contributed by atoms with van der Waals surface area (Å²) < 4.78 is 0. The highest BCUT2D eigenvalue weighted by Crippen LogP contribution is 2.36. The van der Waals surface area contributed by atoms with Crippen molar-refractivity contribution in [3.63, 3.8) is 0 Å². The van der Waals surface area contributed by atoms with Crippen LogP contribution < -0.4 is 11.1 Å². The molecule has 1 aliphatic rings. The molecule has 3 heteroatoms. The zero-order chi connectivity index (χ0) is 14.6. The molecular formula is C17H26N2O. The Morgan fingerprint density at radius 1 is 1.30 bits per heavy atom. The third-order valence-electron chi connectivity index (χ3n) is 4.77. The van der Waals surface area contributed by atoms with Gasteiger partial charge in [-0.15, -0.1) is 0 Å². The fourth-order valence-corrected chi connectivity index (χ4v) is 3.18. The summed E-state index contributed by atoms with van der Waals surface area (Å²) in [6.07, 6.45) is 3.89. The lowest BCUT2D eigenvalue weighted by Gasteiger charge is -2.39. The standard InChI is InChI=1S/C17H26N2O/c1-13(2)15-8-10-17(11-9-15,16(18)20)19-12-14-6-4-3-5-7-14/h3-7,13,15,19H,8-12H2,1-2H3,(H2,18,20). The van der Waals surface area contributed by atoms with Gasteiger partial charge in [-0.25, -0.2) is 0 Å². The second kappa shape index (κ2) is 6.40. The van der Waals surface area contributed by atoms with Crippen LogP contribution in [0.4, 0.5) is 0 Å². The monoisotopic (exact) mass is 274 g/mol. The third-order valence-corrected chi connectivity index (χ3v) is 4.77. The number of nitrogens with one attached hydrogen (secondary N) is 1. The first-order valence-corrected chi connectivity index (χ1v) is 7.62. The molecule has 2 rings (SSSR count). The lowest BCUT2D eigenvalue weighted by atomic mass is 9.72. The molecule has 0 aromatic heterocycles. The smallest absolute Gasteiger partial charge is 0.237 e. The third kappa shape index (κ3) is 3.40. The van der Waals surface area contributed by atoms with E-state index in [0.717, 1.165) is 31.6 Å². The second-order valence-corrected chi connectivity index (χ2v) is 6.37. The van der Waals surface area contributed by atoms with Gasteiger partial charge in [0.2, 0.25) is 5.91 Å². The Morgan fingerprint density at radius 2 is 1.90 bits per heavy atom. The SMILES string of the molecule is CC(C)C1CCC(NCc2ccccc2)(C(N)=O)CC1. The molecule has 0 bridgehead atoms. The van der Waals surface area contributed by atoms with Crippen LogP contribution in [-0.2, 0) is 11.3 Å². The van der Waals surface area contributed by atoms with Gasteiger partial charge in [-0.3, -0.25) is 10.1 Å². The van der Waals surface area contributed by atoms with Crippen LogP contribution in [0.2, 0.25) is 0 Å². The summed E-state index contributed by atoms with van der Waals surface area (Å²) in [7, 11) is 0. The highest BCUT2D eigenvalue weighted by atomic mass is 16.1. The minimum Gasteiger partial charge on any atom is -0.368 e. The van der Waals surface area contributed by atoms with Crippen molar-refractivity contribution in [3.8, 4) is 0 Å². The average molecular weight is 274 g/mol. The summed E-state index contributed by atoms with van der Waals surface area (Å²) in [6, 6.07) is 10.2. The van der Waals surface area contributed by atoms with Crippen LogP contribution in [0.25, 0.3) is 0 Å². The van der Waals surface area contributed by atoms with Gasteiger partial charge in [0.15, 0.2) is 0 Å². The van der Waals surface area contributed by atoms with Crippen LogP contribution in [0, 0.1) is 11.8 Å². The number of hydrogen-bond donors (Lipinski definition) is 2. The molecule has 1 aliphatic carbocycles. The van der Waals surface area contributed by atoms with E-state index < -0.39 is 5.54 Å². The van der Waals surface area contributed by atoms with Gasteiger partial charge in [0.1, 0.15) is 0 Å². The summed E-state index contributed by atoms with van der Waals surface area (Å²) in [5, 5.41) is 3.44. The van der Waals surface area contributed by atoms with Gasteiger partial charge in [-0.1, -0.05) is 44.2 Å². The molecule has 3 nitrogen and oxygen atoms in total. The van der Waals surface area contributed by atoms with Crippen molar-refractivity contribution < 1.29 is 4.79 Å². The van der Waals surface area contributed by atoms with Gasteiger partial charge in [-0.2, -0.15) is 0 Å². The maximum Gasteiger partial charge on any atom is 0.237 e. The lowest BCUT2D eigenvalue weighted by molar-refractivity contribution is -0.126. The Morgan fingerprint density at radius 3 is 2.40 bits per heavy atom. The van der Waals surface area contributed by atoms with Crippen molar-refractivity contribution in [2.45, 2.75) is 51.6 Å². The molecular weight excluding hydrogens is 248 g/mol. The van der Waals surface area contributed by atoms with E-state index in [0.29, 0.717) is 12.5 Å². The van der Waals surface area contributed by atoms with Crippen LogP contribution in [-0.4, -0.2) is 11.4 Å². The highest BCUT2D eigenvalue weighted by Gasteiger charge is 2.40. The first-order chi connectivity index (χ1) is 9.53. The van der Waals surface area contributed by atoms with Crippen LogP contribution in [0.1, 0.15) is 45.1 Å². The van der Waals surface area contributed by atoms with Gasteiger partial charge < -0.3 is 5.73 Å². The fourth-order valence-electron chi connectivity index (χ4n) is 3.18. The van der Waals surface area contributed by atoms with Crippen LogP contribution >= 0.6 is 0 Å². The average Bonchev–Trinajstić information content (AvgIpc) is 2.46. The first kappa shape index (κ1) is 15.0. The number of primary amides is 1. The van der Waals surface area contributed by atoms with Crippen molar-refractivity contribution in [3.05, 3.63) is 35.9 Å². The minimum absolute atomic E-state index is 0.198. The quantitative estimate of drug-likeness (QED) is 0.867. The van der Waals surface area contributed by atoms with E-state index in [-0.39, 0.29) is 5.91 Å². The lowest BCUT2D eigenvalue weighted by Crippen LogP contribution is -2.57. The molecule has 1 amide bonds. The molecule has 1 saturated carbocycles. The van der Waals surface area contributed by atoms with Crippen molar-refractivity contribution >= 4 is 5.91 Å². The molecule has 110 valence electrons. The number of benzene rings is 1. The molecule has 0 saturated heterocycles. The number of amides is 1. The summed E-state index contributed by atoms with van der Waals surface area (Å²) in [4.78, 5) is 11.9. The largest absolute Gasteiger partial charge is 0.368 e. The van der Waals surface area contributed by atoms with Gasteiger partial charge in [0.25, 0.3) is 0 Å². The Hall–Kier alpha value is -1.35. The van der Waals surface area contributed by atoms with Gasteiger partial charge in [0.05, 0.1) is 5.54 Å². The van der Waals surface area contributed by atoms with Gasteiger partial charge >= 0.3 is 0 Å². The first-order valence-electron chi connectivity index (χ1n) is 7.62. The highest BCUT2D eigenvalue weighted by molar-refractivity contribution is 5.84. The van der Waals surface area contributed by atoms with E-state index in [4.69, 9.17) is 5.73 Å². The summed E-state index contributed by atoms with van der Waals surface area (Å²) in [6.45, 7) is 5.23. The maximum absolute atomic E-state index is 11.9. The van der Waals surface area contributed by atoms with Crippen molar-refractivity contribution in [2.75, 3.05) is 0 Å². The van der Waals surface area contributed by atoms with Crippen LogP contribution in [0.5, 0.6) is 0 Å². The molecule has 1 fully saturated rings. The van der Waals surface area contributed by atoms with E-state index in [9.17, 15) is 4.79 Å². The number of carbonyl (C=O) groups excluding carboxylic acids is 1. The van der Waals surface area contributed by atoms with E-state index >= 15 is 0 Å². The number of carbonyl (C=O) groups is 1. The maximum atomic E-state index is 11.9. The van der Waals surface area contributed by atoms with E-state index in [1.54, 1.807) is 0 Å². The number of nitrogens with two attached hydrogens (primary N) is 1. The van der Waals surface area contributed by atoms with Crippen molar-refractivity contribution in [2.24, 2.45) is 17.6 Å². The Kier molecular flexibility index (Phi) is 4.81.